The Morgan fingerprint density at radius 2 is 1.96 bits per heavy atom. The topological polar surface area (TPSA) is 125 Å². The van der Waals surface area contributed by atoms with Gasteiger partial charge in [0.25, 0.3) is 5.69 Å². The largest absolute Gasteiger partial charge is 0.496 e. The van der Waals surface area contributed by atoms with E-state index < -0.39 is 14.9 Å². The van der Waals surface area contributed by atoms with Crippen LogP contribution in [0.25, 0.3) is 0 Å². The Morgan fingerprint density at radius 3 is 2.57 bits per heavy atom. The second-order valence-corrected chi connectivity index (χ2v) is 6.18. The van der Waals surface area contributed by atoms with Crippen LogP contribution in [0.3, 0.4) is 0 Å². The summed E-state index contributed by atoms with van der Waals surface area (Å²) in [5.41, 5.74) is 0.634. The number of nitrogens with zero attached hydrogens (tertiary/aromatic N) is 1. The maximum absolute atomic E-state index is 11.7. The molecule has 0 amide bonds. The Bertz CT molecular complexity index is 836. The van der Waals surface area contributed by atoms with Gasteiger partial charge in [-0.3, -0.25) is 10.1 Å². The molecule has 9 heteroatoms. The van der Waals surface area contributed by atoms with Gasteiger partial charge in [-0.05, 0) is 12.1 Å². The number of nitrogens with two attached hydrogens (primary N) is 1. The molecule has 8 nitrogen and oxygen atoms in total. The van der Waals surface area contributed by atoms with Crippen LogP contribution >= 0.6 is 0 Å². The van der Waals surface area contributed by atoms with E-state index in [9.17, 15) is 18.5 Å². The van der Waals surface area contributed by atoms with E-state index in [1.165, 1.54) is 19.2 Å². The van der Waals surface area contributed by atoms with Crippen LogP contribution in [0.15, 0.2) is 47.4 Å². The standard InChI is InChI=1S/C14H15N3O5S/c1-22-13-5-3-2-4-10(13)9-16-12-7-6-11(17(18)19)8-14(12)23(15,20)21/h2-8,16H,9H2,1H3,(H2,15,20,21). The molecule has 0 atom stereocenters. The summed E-state index contributed by atoms with van der Waals surface area (Å²) in [6.45, 7) is 0.268. The van der Waals surface area contributed by atoms with E-state index in [1.54, 1.807) is 6.07 Å². The number of benzene rings is 2. The molecule has 0 aliphatic carbocycles. The van der Waals surface area contributed by atoms with Gasteiger partial charge in [0.1, 0.15) is 10.6 Å². The first-order valence-electron chi connectivity index (χ1n) is 6.50. The number of hydrogen-bond donors (Lipinski definition) is 2. The smallest absolute Gasteiger partial charge is 0.270 e. The molecule has 0 aromatic heterocycles. The SMILES string of the molecule is COc1ccccc1CNc1ccc([N+](=O)[O-])cc1S(N)(=O)=O. The van der Waals surface area contributed by atoms with Gasteiger partial charge in [0, 0.05) is 24.2 Å². The van der Waals surface area contributed by atoms with Crippen LogP contribution in [0.5, 0.6) is 5.75 Å². The fourth-order valence-corrected chi connectivity index (χ4v) is 2.78. The highest BCUT2D eigenvalue weighted by atomic mass is 32.2. The van der Waals surface area contributed by atoms with Gasteiger partial charge in [-0.25, -0.2) is 13.6 Å². The van der Waals surface area contributed by atoms with Gasteiger partial charge in [0.2, 0.25) is 10.0 Å². The van der Waals surface area contributed by atoms with Crippen LogP contribution in [0.4, 0.5) is 11.4 Å². The monoisotopic (exact) mass is 337 g/mol. The third-order valence-corrected chi connectivity index (χ3v) is 4.10. The zero-order valence-electron chi connectivity index (χ0n) is 12.2. The Balaban J connectivity index is 2.34. The number of nitro groups is 1. The summed E-state index contributed by atoms with van der Waals surface area (Å²) in [5, 5.41) is 18.8. The summed E-state index contributed by atoms with van der Waals surface area (Å²) >= 11 is 0. The quantitative estimate of drug-likeness (QED) is 0.612. The lowest BCUT2D eigenvalue weighted by Crippen LogP contribution is -2.15. The van der Waals surface area contributed by atoms with Crippen LogP contribution in [-0.2, 0) is 16.6 Å². The number of methoxy groups -OCH3 is 1. The minimum absolute atomic E-state index is 0.184. The van der Waals surface area contributed by atoms with Crippen LogP contribution in [0.2, 0.25) is 0 Å². The second kappa shape index (κ2) is 6.63. The van der Waals surface area contributed by atoms with E-state index in [-0.39, 0.29) is 22.8 Å². The van der Waals surface area contributed by atoms with Gasteiger partial charge in [0.05, 0.1) is 17.7 Å². The van der Waals surface area contributed by atoms with Crippen molar-refractivity contribution in [3.05, 3.63) is 58.1 Å². The van der Waals surface area contributed by atoms with Crippen molar-refractivity contribution < 1.29 is 18.1 Å². The molecular weight excluding hydrogens is 322 g/mol. The lowest BCUT2D eigenvalue weighted by Gasteiger charge is -2.12. The highest BCUT2D eigenvalue weighted by Gasteiger charge is 2.19. The lowest BCUT2D eigenvalue weighted by molar-refractivity contribution is -0.385. The van der Waals surface area contributed by atoms with E-state index in [1.807, 2.05) is 18.2 Å². The molecule has 0 saturated carbocycles. The van der Waals surface area contributed by atoms with E-state index in [4.69, 9.17) is 9.88 Å². The number of ether oxygens (including phenoxy) is 1. The van der Waals surface area contributed by atoms with E-state index in [2.05, 4.69) is 5.32 Å². The molecule has 0 saturated heterocycles. The van der Waals surface area contributed by atoms with Gasteiger partial charge >= 0.3 is 0 Å². The zero-order valence-corrected chi connectivity index (χ0v) is 13.0. The lowest BCUT2D eigenvalue weighted by atomic mass is 10.2. The second-order valence-electron chi connectivity index (χ2n) is 4.65. The molecule has 0 fully saturated rings. The molecule has 0 radical (unpaired) electrons. The first-order chi connectivity index (χ1) is 10.8. The van der Waals surface area contributed by atoms with Crippen molar-refractivity contribution in [2.75, 3.05) is 12.4 Å². The first kappa shape index (κ1) is 16.7. The number of rotatable bonds is 6. The van der Waals surface area contributed by atoms with Crippen molar-refractivity contribution in [1.82, 2.24) is 0 Å². The summed E-state index contributed by atoms with van der Waals surface area (Å²) in [5.74, 6) is 0.638. The third kappa shape index (κ3) is 3.96. The number of primary sulfonamides is 1. The highest BCUT2D eigenvalue weighted by Crippen LogP contribution is 2.27. The number of para-hydroxylation sites is 1. The molecule has 3 N–H and O–H groups in total. The Hall–Kier alpha value is -2.65. The molecule has 2 aromatic carbocycles. The Labute approximate surface area is 133 Å². The van der Waals surface area contributed by atoms with E-state index in [0.29, 0.717) is 5.75 Å². The fourth-order valence-electron chi connectivity index (χ4n) is 2.05. The Kier molecular flexibility index (Phi) is 4.82. The Morgan fingerprint density at radius 1 is 1.26 bits per heavy atom. The highest BCUT2D eigenvalue weighted by molar-refractivity contribution is 7.89. The summed E-state index contributed by atoms with van der Waals surface area (Å²) in [6, 6.07) is 10.7. The van der Waals surface area contributed by atoms with Gasteiger partial charge < -0.3 is 10.1 Å². The first-order valence-corrected chi connectivity index (χ1v) is 8.04. The van der Waals surface area contributed by atoms with Crippen LogP contribution in [-0.4, -0.2) is 20.5 Å². The normalized spacial score (nSPS) is 11.0. The zero-order chi connectivity index (χ0) is 17.0. The molecule has 0 aliphatic rings. The maximum Gasteiger partial charge on any atom is 0.270 e. The number of nitrogens with one attached hydrogen (secondary N) is 1. The summed E-state index contributed by atoms with van der Waals surface area (Å²) < 4.78 is 28.5. The predicted molar refractivity (Wildman–Crippen MR) is 84.8 cm³/mol. The molecule has 122 valence electrons. The van der Waals surface area contributed by atoms with Crippen molar-refractivity contribution in [2.45, 2.75) is 11.4 Å². The summed E-state index contributed by atoms with van der Waals surface area (Å²) in [6.07, 6.45) is 0. The molecule has 0 spiro atoms. The number of sulfonamides is 1. The van der Waals surface area contributed by atoms with Gasteiger partial charge in [-0.2, -0.15) is 0 Å². The molecular formula is C14H15N3O5S. The predicted octanol–water partition coefficient (Wildman–Crippen LogP) is 1.86. The molecule has 0 unspecified atom stereocenters. The average Bonchev–Trinajstić information content (AvgIpc) is 2.52. The molecule has 0 aliphatic heterocycles. The van der Waals surface area contributed by atoms with Crippen LogP contribution < -0.4 is 15.2 Å². The van der Waals surface area contributed by atoms with Gasteiger partial charge in [0.15, 0.2) is 0 Å². The van der Waals surface area contributed by atoms with Crippen molar-refractivity contribution in [3.63, 3.8) is 0 Å². The van der Waals surface area contributed by atoms with Crippen molar-refractivity contribution >= 4 is 21.4 Å². The number of anilines is 1. The molecule has 23 heavy (non-hydrogen) atoms. The van der Waals surface area contributed by atoms with Crippen molar-refractivity contribution in [1.29, 1.82) is 0 Å². The summed E-state index contributed by atoms with van der Waals surface area (Å²) in [7, 11) is -2.58. The minimum atomic E-state index is -4.11. The molecule has 2 rings (SSSR count). The van der Waals surface area contributed by atoms with Crippen molar-refractivity contribution in [3.8, 4) is 5.75 Å². The summed E-state index contributed by atoms with van der Waals surface area (Å²) in [4.78, 5) is 9.77. The number of nitro benzene ring substituents is 1. The van der Waals surface area contributed by atoms with Crippen LogP contribution in [0.1, 0.15) is 5.56 Å². The van der Waals surface area contributed by atoms with E-state index in [0.717, 1.165) is 11.6 Å². The van der Waals surface area contributed by atoms with E-state index >= 15 is 0 Å². The average molecular weight is 337 g/mol. The van der Waals surface area contributed by atoms with Gasteiger partial charge in [-0.1, -0.05) is 18.2 Å². The molecule has 0 bridgehead atoms. The molecule has 0 heterocycles. The van der Waals surface area contributed by atoms with Gasteiger partial charge in [-0.15, -0.1) is 0 Å². The van der Waals surface area contributed by atoms with Crippen LogP contribution in [0, 0.1) is 10.1 Å². The fraction of sp³-hybridized carbons (Fsp3) is 0.143. The number of non-ortho nitro benzene ring substituents is 1. The number of hydrogen-bond acceptors (Lipinski definition) is 6. The molecule has 2 aromatic rings. The minimum Gasteiger partial charge on any atom is -0.496 e. The maximum atomic E-state index is 11.7. The third-order valence-electron chi connectivity index (χ3n) is 3.14. The van der Waals surface area contributed by atoms with Crippen molar-refractivity contribution in [2.24, 2.45) is 5.14 Å².